The summed E-state index contributed by atoms with van der Waals surface area (Å²) in [6, 6.07) is 4.80. The molecule has 0 amide bonds. The molecule has 1 unspecified atom stereocenters. The number of benzene rings is 1. The predicted octanol–water partition coefficient (Wildman–Crippen LogP) is 2.16. The van der Waals surface area contributed by atoms with Gasteiger partial charge >= 0.3 is 0 Å². The van der Waals surface area contributed by atoms with Crippen LogP contribution in [-0.2, 0) is 0 Å². The molecule has 0 bridgehead atoms. The van der Waals surface area contributed by atoms with E-state index in [4.69, 9.17) is 4.74 Å². The Morgan fingerprint density at radius 3 is 2.89 bits per heavy atom. The predicted molar refractivity (Wildman–Crippen MR) is 73.8 cm³/mol. The fraction of sp³-hybridized carbons (Fsp3) is 0.538. The highest BCUT2D eigenvalue weighted by Crippen LogP contribution is 2.29. The molecule has 0 saturated carbocycles. The number of nitro groups is 1. The second kappa shape index (κ2) is 5.44. The van der Waals surface area contributed by atoms with Crippen molar-refractivity contribution >= 4 is 11.4 Å². The van der Waals surface area contributed by atoms with E-state index in [0.717, 1.165) is 25.2 Å². The van der Waals surface area contributed by atoms with Gasteiger partial charge in [0.25, 0.3) is 5.69 Å². The molecule has 104 valence electrons. The minimum absolute atomic E-state index is 0.0445. The van der Waals surface area contributed by atoms with Crippen LogP contribution >= 0.6 is 0 Å². The average Bonchev–Trinajstić information content (AvgIpc) is 2.75. The molecule has 1 saturated heterocycles. The number of nitro benzene ring substituents is 1. The summed E-state index contributed by atoms with van der Waals surface area (Å²) in [7, 11) is 0. The highest BCUT2D eigenvalue weighted by atomic mass is 16.6. The van der Waals surface area contributed by atoms with Crippen LogP contribution in [0.5, 0.6) is 5.75 Å². The first-order valence-electron chi connectivity index (χ1n) is 6.43. The monoisotopic (exact) mass is 265 g/mol. The van der Waals surface area contributed by atoms with Crippen molar-refractivity contribution in [3.8, 4) is 5.75 Å². The summed E-state index contributed by atoms with van der Waals surface area (Å²) < 4.78 is 5.37. The lowest BCUT2D eigenvalue weighted by atomic mass is 10.0. The quantitative estimate of drug-likeness (QED) is 0.630. The SMILES string of the molecule is CCOc1cc(NC2(C)CCNC2)cc([N+](=O)[O-])c1. The zero-order chi connectivity index (χ0) is 13.9. The van der Waals surface area contributed by atoms with Crippen molar-refractivity contribution in [2.24, 2.45) is 0 Å². The topological polar surface area (TPSA) is 76.4 Å². The molecular weight excluding hydrogens is 246 g/mol. The molecule has 1 aromatic carbocycles. The van der Waals surface area contributed by atoms with Gasteiger partial charge in [0.15, 0.2) is 0 Å². The normalized spacial score (nSPS) is 22.2. The van der Waals surface area contributed by atoms with E-state index in [2.05, 4.69) is 17.6 Å². The van der Waals surface area contributed by atoms with Gasteiger partial charge in [-0.15, -0.1) is 0 Å². The summed E-state index contributed by atoms with van der Waals surface area (Å²) >= 11 is 0. The van der Waals surface area contributed by atoms with Gasteiger partial charge in [-0.3, -0.25) is 10.1 Å². The van der Waals surface area contributed by atoms with Crippen LogP contribution in [0.15, 0.2) is 18.2 Å². The maximum atomic E-state index is 10.9. The Hall–Kier alpha value is -1.82. The molecule has 6 heteroatoms. The third kappa shape index (κ3) is 3.35. The molecule has 19 heavy (non-hydrogen) atoms. The highest BCUT2D eigenvalue weighted by molar-refractivity contribution is 5.57. The van der Waals surface area contributed by atoms with Gasteiger partial charge in [0, 0.05) is 29.9 Å². The summed E-state index contributed by atoms with van der Waals surface area (Å²) in [6.45, 7) is 6.25. The third-order valence-electron chi connectivity index (χ3n) is 3.23. The zero-order valence-electron chi connectivity index (χ0n) is 11.2. The van der Waals surface area contributed by atoms with Crippen molar-refractivity contribution < 1.29 is 9.66 Å². The van der Waals surface area contributed by atoms with Gasteiger partial charge < -0.3 is 15.4 Å². The van der Waals surface area contributed by atoms with Crippen molar-refractivity contribution in [3.63, 3.8) is 0 Å². The molecule has 1 fully saturated rings. The molecule has 1 aliphatic rings. The molecule has 0 radical (unpaired) electrons. The Balaban J connectivity index is 2.25. The van der Waals surface area contributed by atoms with Gasteiger partial charge in [-0.05, 0) is 26.8 Å². The van der Waals surface area contributed by atoms with E-state index in [1.54, 1.807) is 12.1 Å². The van der Waals surface area contributed by atoms with Gasteiger partial charge in [-0.1, -0.05) is 0 Å². The van der Waals surface area contributed by atoms with Crippen LogP contribution < -0.4 is 15.4 Å². The van der Waals surface area contributed by atoms with Crippen LogP contribution in [0.1, 0.15) is 20.3 Å². The van der Waals surface area contributed by atoms with Crippen molar-refractivity contribution in [1.29, 1.82) is 0 Å². The van der Waals surface area contributed by atoms with Crippen molar-refractivity contribution in [2.45, 2.75) is 25.8 Å². The minimum Gasteiger partial charge on any atom is -0.494 e. The van der Waals surface area contributed by atoms with E-state index in [1.165, 1.54) is 6.07 Å². The smallest absolute Gasteiger partial charge is 0.275 e. The van der Waals surface area contributed by atoms with Crippen LogP contribution in [0.4, 0.5) is 11.4 Å². The summed E-state index contributed by atoms with van der Waals surface area (Å²) in [4.78, 5) is 10.5. The number of non-ortho nitro benzene ring substituents is 1. The van der Waals surface area contributed by atoms with Crippen molar-refractivity contribution in [2.75, 3.05) is 25.0 Å². The summed E-state index contributed by atoms with van der Waals surface area (Å²) in [5.41, 5.74) is 0.700. The average molecular weight is 265 g/mol. The highest BCUT2D eigenvalue weighted by Gasteiger charge is 2.28. The molecule has 2 N–H and O–H groups in total. The lowest BCUT2D eigenvalue weighted by Crippen LogP contribution is -2.36. The summed E-state index contributed by atoms with van der Waals surface area (Å²) in [5, 5.41) is 17.6. The van der Waals surface area contributed by atoms with Crippen molar-refractivity contribution in [3.05, 3.63) is 28.3 Å². The standard InChI is InChI=1S/C13H19N3O3/c1-3-19-12-7-10(6-11(8-12)16(17)18)15-13(2)4-5-14-9-13/h6-8,14-15H,3-5,9H2,1-2H3. The summed E-state index contributed by atoms with van der Waals surface area (Å²) in [6.07, 6.45) is 0.986. The molecular formula is C13H19N3O3. The Kier molecular flexibility index (Phi) is 3.90. The van der Waals surface area contributed by atoms with E-state index >= 15 is 0 Å². The van der Waals surface area contributed by atoms with E-state index in [0.29, 0.717) is 12.4 Å². The van der Waals surface area contributed by atoms with Gasteiger partial charge in [0.2, 0.25) is 0 Å². The van der Waals surface area contributed by atoms with E-state index in [1.807, 2.05) is 6.92 Å². The Morgan fingerprint density at radius 2 is 2.32 bits per heavy atom. The molecule has 0 aliphatic carbocycles. The number of nitrogens with zero attached hydrogens (tertiary/aromatic N) is 1. The fourth-order valence-corrected chi connectivity index (χ4v) is 2.28. The fourth-order valence-electron chi connectivity index (χ4n) is 2.28. The molecule has 1 aromatic rings. The van der Waals surface area contributed by atoms with Crippen LogP contribution in [0.3, 0.4) is 0 Å². The lowest BCUT2D eigenvalue weighted by Gasteiger charge is -2.26. The Labute approximate surface area is 112 Å². The van der Waals surface area contributed by atoms with Gasteiger partial charge in [-0.25, -0.2) is 0 Å². The first kappa shape index (κ1) is 13.6. The number of ether oxygens (including phenoxy) is 1. The van der Waals surface area contributed by atoms with Crippen molar-refractivity contribution in [1.82, 2.24) is 5.32 Å². The third-order valence-corrected chi connectivity index (χ3v) is 3.23. The van der Waals surface area contributed by atoms with E-state index < -0.39 is 4.92 Å². The molecule has 2 rings (SSSR count). The number of anilines is 1. The second-order valence-corrected chi connectivity index (χ2v) is 5.02. The Morgan fingerprint density at radius 1 is 1.53 bits per heavy atom. The lowest BCUT2D eigenvalue weighted by molar-refractivity contribution is -0.384. The first-order chi connectivity index (χ1) is 9.02. The molecule has 6 nitrogen and oxygen atoms in total. The number of hydrogen-bond donors (Lipinski definition) is 2. The molecule has 1 atom stereocenters. The second-order valence-electron chi connectivity index (χ2n) is 5.02. The maximum absolute atomic E-state index is 10.9. The van der Waals surface area contributed by atoms with E-state index in [-0.39, 0.29) is 11.2 Å². The molecule has 1 aliphatic heterocycles. The molecule has 0 aromatic heterocycles. The van der Waals surface area contributed by atoms with Gasteiger partial charge in [0.05, 0.1) is 17.6 Å². The van der Waals surface area contributed by atoms with Crippen LogP contribution in [0.25, 0.3) is 0 Å². The maximum Gasteiger partial charge on any atom is 0.275 e. The van der Waals surface area contributed by atoms with Crippen LogP contribution in [-0.4, -0.2) is 30.2 Å². The zero-order valence-corrected chi connectivity index (χ0v) is 11.2. The number of hydrogen-bond acceptors (Lipinski definition) is 5. The first-order valence-corrected chi connectivity index (χ1v) is 6.43. The minimum atomic E-state index is -0.400. The Bertz CT molecular complexity index is 470. The van der Waals surface area contributed by atoms with E-state index in [9.17, 15) is 10.1 Å². The number of nitrogens with one attached hydrogen (secondary N) is 2. The van der Waals surface area contributed by atoms with Crippen LogP contribution in [0, 0.1) is 10.1 Å². The van der Waals surface area contributed by atoms with Gasteiger partial charge in [-0.2, -0.15) is 0 Å². The summed E-state index contributed by atoms with van der Waals surface area (Å²) in [5.74, 6) is 0.522. The molecule has 1 heterocycles. The molecule has 0 spiro atoms. The number of rotatable bonds is 5. The largest absolute Gasteiger partial charge is 0.494 e. The van der Waals surface area contributed by atoms with Gasteiger partial charge in [0.1, 0.15) is 5.75 Å². The van der Waals surface area contributed by atoms with Crippen LogP contribution in [0.2, 0.25) is 0 Å².